The molecular weight excluding hydrogens is 358 g/mol. The molecule has 136 valence electrons. The monoisotopic (exact) mass is 381 g/mol. The zero-order chi connectivity index (χ0) is 17.5. The minimum absolute atomic E-state index is 0. The number of nitrogens with one attached hydrogen (secondary N) is 2. The van der Waals surface area contributed by atoms with Crippen molar-refractivity contribution in [3.05, 3.63) is 52.4 Å². The van der Waals surface area contributed by atoms with Crippen molar-refractivity contribution in [1.82, 2.24) is 5.32 Å². The van der Waals surface area contributed by atoms with Crippen LogP contribution in [0.1, 0.15) is 46.5 Å². The van der Waals surface area contributed by atoms with Crippen molar-refractivity contribution >= 4 is 40.6 Å². The van der Waals surface area contributed by atoms with Crippen LogP contribution in [0.25, 0.3) is 0 Å². The summed E-state index contributed by atoms with van der Waals surface area (Å²) in [6.07, 6.45) is 1.64. The summed E-state index contributed by atoms with van der Waals surface area (Å²) in [5.74, 6) is -0.418. The van der Waals surface area contributed by atoms with Crippen molar-refractivity contribution in [2.24, 2.45) is 5.73 Å². The Hall–Kier alpha value is -1.89. The minimum Gasteiger partial charge on any atom is -0.352 e. The van der Waals surface area contributed by atoms with Gasteiger partial charge < -0.3 is 16.4 Å². The number of carbonyl (C=O) groups excluding carboxylic acids is 2. The van der Waals surface area contributed by atoms with Gasteiger partial charge in [0.25, 0.3) is 11.8 Å². The third-order valence-corrected chi connectivity index (χ3v) is 4.48. The summed E-state index contributed by atoms with van der Waals surface area (Å²) < 4.78 is 0. The first-order valence-corrected chi connectivity index (χ1v) is 8.90. The van der Waals surface area contributed by atoms with Crippen LogP contribution in [0.2, 0.25) is 0 Å². The molecule has 0 radical (unpaired) electrons. The second-order valence-electron chi connectivity index (χ2n) is 5.69. The number of amides is 2. The molecule has 2 amide bonds. The molecule has 1 heterocycles. The van der Waals surface area contributed by atoms with Gasteiger partial charge in [0.05, 0.1) is 5.56 Å². The second kappa shape index (κ2) is 10.2. The van der Waals surface area contributed by atoms with Crippen molar-refractivity contribution in [1.29, 1.82) is 0 Å². The van der Waals surface area contributed by atoms with Crippen molar-refractivity contribution in [3.63, 3.8) is 0 Å². The van der Waals surface area contributed by atoms with Gasteiger partial charge in [0.1, 0.15) is 5.00 Å². The van der Waals surface area contributed by atoms with E-state index in [-0.39, 0.29) is 30.3 Å². The van der Waals surface area contributed by atoms with Crippen LogP contribution < -0.4 is 16.4 Å². The molecule has 0 aliphatic heterocycles. The van der Waals surface area contributed by atoms with E-state index in [4.69, 9.17) is 5.73 Å². The molecular formula is C18H24ClN3O2S. The molecule has 25 heavy (non-hydrogen) atoms. The van der Waals surface area contributed by atoms with E-state index in [9.17, 15) is 9.59 Å². The van der Waals surface area contributed by atoms with Crippen molar-refractivity contribution in [2.75, 3.05) is 11.9 Å². The van der Waals surface area contributed by atoms with E-state index in [1.165, 1.54) is 16.9 Å². The van der Waals surface area contributed by atoms with E-state index in [1.807, 2.05) is 19.1 Å². The van der Waals surface area contributed by atoms with Crippen molar-refractivity contribution in [2.45, 2.75) is 32.7 Å². The number of anilines is 1. The van der Waals surface area contributed by atoms with Crippen LogP contribution in [0.5, 0.6) is 0 Å². The quantitative estimate of drug-likeness (QED) is 0.686. The van der Waals surface area contributed by atoms with Gasteiger partial charge in [-0.25, -0.2) is 0 Å². The molecule has 2 rings (SSSR count). The highest BCUT2D eigenvalue weighted by Gasteiger charge is 2.15. The van der Waals surface area contributed by atoms with Crippen LogP contribution >= 0.6 is 23.7 Å². The fourth-order valence-electron chi connectivity index (χ4n) is 2.16. The van der Waals surface area contributed by atoms with Gasteiger partial charge in [-0.05, 0) is 48.9 Å². The fourth-order valence-corrected chi connectivity index (χ4v) is 2.94. The van der Waals surface area contributed by atoms with E-state index in [0.717, 1.165) is 6.42 Å². The summed E-state index contributed by atoms with van der Waals surface area (Å²) in [5.41, 5.74) is 7.90. The molecule has 1 atom stereocenters. The zero-order valence-corrected chi connectivity index (χ0v) is 16.0. The molecule has 0 fully saturated rings. The maximum Gasteiger partial charge on any atom is 0.256 e. The molecule has 5 nitrogen and oxygen atoms in total. The Morgan fingerprint density at radius 3 is 2.44 bits per heavy atom. The first-order valence-electron chi connectivity index (χ1n) is 8.02. The maximum absolute atomic E-state index is 12.3. The molecule has 7 heteroatoms. The number of halogens is 1. The van der Waals surface area contributed by atoms with Gasteiger partial charge in [0, 0.05) is 18.2 Å². The molecule has 1 aromatic heterocycles. The number of benzene rings is 1. The number of carbonyl (C=O) groups is 2. The lowest BCUT2D eigenvalue weighted by molar-refractivity contribution is 0.0954. The zero-order valence-electron chi connectivity index (χ0n) is 14.4. The second-order valence-corrected chi connectivity index (χ2v) is 6.61. The Kier molecular flexibility index (Phi) is 8.61. The largest absolute Gasteiger partial charge is 0.352 e. The smallest absolute Gasteiger partial charge is 0.256 e. The van der Waals surface area contributed by atoms with E-state index in [0.29, 0.717) is 29.1 Å². The predicted molar refractivity (Wildman–Crippen MR) is 106 cm³/mol. The normalized spacial score (nSPS) is 11.3. The first-order chi connectivity index (χ1) is 11.5. The van der Waals surface area contributed by atoms with Crippen molar-refractivity contribution in [3.8, 4) is 0 Å². The number of aryl methyl sites for hydroxylation is 1. The van der Waals surface area contributed by atoms with Gasteiger partial charge in [0.2, 0.25) is 0 Å². The lowest BCUT2D eigenvalue weighted by Gasteiger charge is -2.09. The first kappa shape index (κ1) is 21.2. The van der Waals surface area contributed by atoms with Gasteiger partial charge in [-0.3, -0.25) is 9.59 Å². The molecule has 1 aromatic carbocycles. The van der Waals surface area contributed by atoms with Crippen LogP contribution in [0.15, 0.2) is 35.7 Å². The fraction of sp³-hybridized carbons (Fsp3) is 0.333. The Morgan fingerprint density at radius 1 is 1.16 bits per heavy atom. The van der Waals surface area contributed by atoms with Crippen LogP contribution in [0.3, 0.4) is 0 Å². The molecule has 0 aliphatic rings. The number of rotatable bonds is 7. The molecule has 4 N–H and O–H groups in total. The summed E-state index contributed by atoms with van der Waals surface area (Å²) in [6, 6.07) is 9.21. The molecule has 1 unspecified atom stereocenters. The van der Waals surface area contributed by atoms with Gasteiger partial charge >= 0.3 is 0 Å². The molecule has 0 saturated heterocycles. The van der Waals surface area contributed by atoms with Gasteiger partial charge in [-0.15, -0.1) is 23.7 Å². The van der Waals surface area contributed by atoms with E-state index in [1.54, 1.807) is 23.6 Å². The maximum atomic E-state index is 12.3. The Morgan fingerprint density at radius 2 is 1.84 bits per heavy atom. The lowest BCUT2D eigenvalue weighted by Crippen LogP contribution is -2.29. The van der Waals surface area contributed by atoms with Gasteiger partial charge in [-0.2, -0.15) is 0 Å². The topological polar surface area (TPSA) is 84.2 Å². The summed E-state index contributed by atoms with van der Waals surface area (Å²) in [7, 11) is 0. The highest BCUT2D eigenvalue weighted by molar-refractivity contribution is 7.14. The summed E-state index contributed by atoms with van der Waals surface area (Å²) in [6.45, 7) is 4.47. The molecule has 2 aromatic rings. The van der Waals surface area contributed by atoms with E-state index in [2.05, 4.69) is 17.6 Å². The van der Waals surface area contributed by atoms with Crippen molar-refractivity contribution < 1.29 is 9.59 Å². The minimum atomic E-state index is -0.218. The molecule has 0 aliphatic carbocycles. The highest BCUT2D eigenvalue weighted by Crippen LogP contribution is 2.24. The summed E-state index contributed by atoms with van der Waals surface area (Å²) in [5, 5.41) is 7.98. The Balaban J connectivity index is 0.00000312. The van der Waals surface area contributed by atoms with Crippen LogP contribution in [-0.2, 0) is 6.42 Å². The van der Waals surface area contributed by atoms with E-state index >= 15 is 0 Å². The SMILES string of the molecule is CCc1ccc(C(=O)Nc2sccc2C(=O)NCCC(C)N)cc1.Cl. The van der Waals surface area contributed by atoms with Gasteiger partial charge in [-0.1, -0.05) is 19.1 Å². The van der Waals surface area contributed by atoms with Crippen LogP contribution in [-0.4, -0.2) is 24.4 Å². The average molecular weight is 382 g/mol. The lowest BCUT2D eigenvalue weighted by atomic mass is 10.1. The van der Waals surface area contributed by atoms with Crippen LogP contribution in [0, 0.1) is 0 Å². The Labute approximate surface area is 158 Å². The van der Waals surface area contributed by atoms with E-state index < -0.39 is 0 Å². The standard InChI is InChI=1S/C18H23N3O2S.ClH/c1-3-13-4-6-14(7-5-13)16(22)21-18-15(9-11-24-18)17(23)20-10-8-12(2)19;/h4-7,9,11-12H,3,8,10,19H2,1-2H3,(H,20,23)(H,21,22);1H. The Bertz CT molecular complexity index is 699. The highest BCUT2D eigenvalue weighted by atomic mass is 35.5. The number of hydrogen-bond acceptors (Lipinski definition) is 4. The summed E-state index contributed by atoms with van der Waals surface area (Å²) >= 11 is 1.33. The number of hydrogen-bond donors (Lipinski definition) is 3. The predicted octanol–water partition coefficient (Wildman–Crippen LogP) is 3.45. The molecule has 0 bridgehead atoms. The third kappa shape index (κ3) is 6.16. The summed E-state index contributed by atoms with van der Waals surface area (Å²) in [4.78, 5) is 24.6. The third-order valence-electron chi connectivity index (χ3n) is 3.65. The number of nitrogens with two attached hydrogens (primary N) is 1. The van der Waals surface area contributed by atoms with Gasteiger partial charge in [0.15, 0.2) is 0 Å². The number of thiophene rings is 1. The molecule has 0 spiro atoms. The average Bonchev–Trinajstić information content (AvgIpc) is 3.02. The molecule has 0 saturated carbocycles. The van der Waals surface area contributed by atoms with Crippen LogP contribution in [0.4, 0.5) is 5.00 Å².